The SMILES string of the molecule is CCCN1CCCN(CC(O)COc2cc(C)ccc2C)CC1. The first-order valence-corrected chi connectivity index (χ1v) is 8.91. The highest BCUT2D eigenvalue weighted by Crippen LogP contribution is 2.19. The number of β-amino-alcohol motifs (C(OH)–C–C–N with tert-alkyl or cyclic N) is 1. The average molecular weight is 320 g/mol. The second-order valence-corrected chi connectivity index (χ2v) is 6.73. The molecule has 0 amide bonds. The van der Waals surface area contributed by atoms with Gasteiger partial charge < -0.3 is 14.7 Å². The largest absolute Gasteiger partial charge is 0.491 e. The van der Waals surface area contributed by atoms with Crippen LogP contribution in [0.15, 0.2) is 18.2 Å². The lowest BCUT2D eigenvalue weighted by atomic mass is 10.1. The Labute approximate surface area is 141 Å². The summed E-state index contributed by atoms with van der Waals surface area (Å²) in [6.45, 7) is 13.0. The Kier molecular flexibility index (Phi) is 7.34. The van der Waals surface area contributed by atoms with Crippen LogP contribution in [-0.2, 0) is 0 Å². The zero-order chi connectivity index (χ0) is 16.7. The number of aliphatic hydroxyl groups excluding tert-OH is 1. The molecule has 0 radical (unpaired) electrons. The van der Waals surface area contributed by atoms with Gasteiger partial charge in [-0.1, -0.05) is 19.1 Å². The third kappa shape index (κ3) is 6.13. The third-order valence-electron chi connectivity index (χ3n) is 4.46. The maximum Gasteiger partial charge on any atom is 0.122 e. The van der Waals surface area contributed by atoms with Gasteiger partial charge in [-0.3, -0.25) is 4.90 Å². The van der Waals surface area contributed by atoms with Crippen LogP contribution in [0.2, 0.25) is 0 Å². The van der Waals surface area contributed by atoms with Crippen molar-refractivity contribution in [3.05, 3.63) is 29.3 Å². The van der Waals surface area contributed by atoms with E-state index in [-0.39, 0.29) is 0 Å². The van der Waals surface area contributed by atoms with Gasteiger partial charge in [0.15, 0.2) is 0 Å². The van der Waals surface area contributed by atoms with Gasteiger partial charge in [-0.25, -0.2) is 0 Å². The first-order valence-electron chi connectivity index (χ1n) is 8.91. The predicted octanol–water partition coefficient (Wildman–Crippen LogP) is 2.46. The average Bonchev–Trinajstić information content (AvgIpc) is 2.74. The van der Waals surface area contributed by atoms with Crippen LogP contribution in [0.5, 0.6) is 5.75 Å². The van der Waals surface area contributed by atoms with Crippen molar-refractivity contribution in [1.29, 1.82) is 0 Å². The van der Waals surface area contributed by atoms with E-state index in [1.165, 1.54) is 31.5 Å². The molecule has 4 nitrogen and oxygen atoms in total. The summed E-state index contributed by atoms with van der Waals surface area (Å²) >= 11 is 0. The Morgan fingerprint density at radius 3 is 2.65 bits per heavy atom. The van der Waals surface area contributed by atoms with Crippen LogP contribution in [0.3, 0.4) is 0 Å². The maximum absolute atomic E-state index is 10.3. The summed E-state index contributed by atoms with van der Waals surface area (Å²) in [6, 6.07) is 6.18. The molecule has 1 aliphatic heterocycles. The van der Waals surface area contributed by atoms with Gasteiger partial charge in [-0.2, -0.15) is 0 Å². The lowest BCUT2D eigenvalue weighted by molar-refractivity contribution is 0.0691. The van der Waals surface area contributed by atoms with E-state index >= 15 is 0 Å². The van der Waals surface area contributed by atoms with Gasteiger partial charge in [0, 0.05) is 19.6 Å². The molecule has 130 valence electrons. The molecule has 1 heterocycles. The van der Waals surface area contributed by atoms with Crippen LogP contribution in [0, 0.1) is 13.8 Å². The summed E-state index contributed by atoms with van der Waals surface area (Å²) in [6.07, 6.45) is 1.96. The Morgan fingerprint density at radius 2 is 1.87 bits per heavy atom. The van der Waals surface area contributed by atoms with E-state index in [4.69, 9.17) is 4.74 Å². The molecule has 23 heavy (non-hydrogen) atoms. The molecule has 1 unspecified atom stereocenters. The van der Waals surface area contributed by atoms with Crippen molar-refractivity contribution >= 4 is 0 Å². The van der Waals surface area contributed by atoms with E-state index in [9.17, 15) is 5.11 Å². The number of aliphatic hydroxyl groups is 1. The smallest absolute Gasteiger partial charge is 0.122 e. The molecule has 1 aliphatic rings. The standard InChI is InChI=1S/C19H32N2O2/c1-4-8-20-9-5-10-21(12-11-20)14-18(22)15-23-19-13-16(2)6-7-17(19)3/h6-7,13,18,22H,4-5,8-12,14-15H2,1-3H3. The van der Waals surface area contributed by atoms with E-state index in [2.05, 4.69) is 35.8 Å². The summed E-state index contributed by atoms with van der Waals surface area (Å²) in [5.74, 6) is 0.883. The van der Waals surface area contributed by atoms with E-state index in [1.807, 2.05) is 13.0 Å². The molecule has 1 aromatic carbocycles. The molecule has 2 rings (SSSR count). The lowest BCUT2D eigenvalue weighted by Crippen LogP contribution is -2.38. The zero-order valence-electron chi connectivity index (χ0n) is 14.9. The maximum atomic E-state index is 10.3. The van der Waals surface area contributed by atoms with Crippen molar-refractivity contribution in [2.45, 2.75) is 39.7 Å². The molecule has 0 bridgehead atoms. The summed E-state index contributed by atoms with van der Waals surface area (Å²) < 4.78 is 5.82. The van der Waals surface area contributed by atoms with Crippen LogP contribution in [0.25, 0.3) is 0 Å². The first-order chi connectivity index (χ1) is 11.1. The molecule has 1 fully saturated rings. The molecule has 1 saturated heterocycles. The molecule has 4 heteroatoms. The number of ether oxygens (including phenoxy) is 1. The van der Waals surface area contributed by atoms with Crippen LogP contribution < -0.4 is 4.74 Å². The molecular weight excluding hydrogens is 288 g/mol. The summed E-state index contributed by atoms with van der Waals surface area (Å²) in [5, 5.41) is 10.3. The van der Waals surface area contributed by atoms with Gasteiger partial charge in [0.05, 0.1) is 0 Å². The van der Waals surface area contributed by atoms with Gasteiger partial charge in [0.25, 0.3) is 0 Å². The van der Waals surface area contributed by atoms with Crippen LogP contribution >= 0.6 is 0 Å². The van der Waals surface area contributed by atoms with Crippen LogP contribution in [-0.4, -0.2) is 66.9 Å². The van der Waals surface area contributed by atoms with Crippen molar-refractivity contribution in [3.8, 4) is 5.75 Å². The van der Waals surface area contributed by atoms with Gasteiger partial charge in [0.1, 0.15) is 18.5 Å². The molecular formula is C19H32N2O2. The first kappa shape index (κ1) is 18.2. The molecule has 1 N–H and O–H groups in total. The van der Waals surface area contributed by atoms with Crippen LogP contribution in [0.4, 0.5) is 0 Å². The minimum absolute atomic E-state index is 0.361. The third-order valence-corrected chi connectivity index (χ3v) is 4.46. The van der Waals surface area contributed by atoms with Gasteiger partial charge in [-0.05, 0) is 63.5 Å². The van der Waals surface area contributed by atoms with Crippen molar-refractivity contribution in [1.82, 2.24) is 9.80 Å². The highest BCUT2D eigenvalue weighted by Gasteiger charge is 2.17. The normalized spacial score (nSPS) is 18.6. The highest BCUT2D eigenvalue weighted by atomic mass is 16.5. The molecule has 0 spiro atoms. The summed E-state index contributed by atoms with van der Waals surface area (Å²) in [7, 11) is 0. The Hall–Kier alpha value is -1.10. The molecule has 0 aliphatic carbocycles. The van der Waals surface area contributed by atoms with Gasteiger partial charge in [0.2, 0.25) is 0 Å². The number of hydrogen-bond donors (Lipinski definition) is 1. The van der Waals surface area contributed by atoms with E-state index in [0.717, 1.165) is 30.9 Å². The minimum atomic E-state index is -0.437. The quantitative estimate of drug-likeness (QED) is 0.837. The highest BCUT2D eigenvalue weighted by molar-refractivity contribution is 5.35. The number of aryl methyl sites for hydroxylation is 2. The molecule has 1 aromatic rings. The second kappa shape index (κ2) is 9.26. The second-order valence-electron chi connectivity index (χ2n) is 6.73. The van der Waals surface area contributed by atoms with Crippen molar-refractivity contribution in [2.24, 2.45) is 0 Å². The van der Waals surface area contributed by atoms with E-state index in [1.54, 1.807) is 0 Å². The van der Waals surface area contributed by atoms with E-state index in [0.29, 0.717) is 13.2 Å². The Balaban J connectivity index is 1.76. The van der Waals surface area contributed by atoms with Gasteiger partial charge in [-0.15, -0.1) is 0 Å². The Bertz CT molecular complexity index is 478. The summed E-state index contributed by atoms with van der Waals surface area (Å²) in [5.41, 5.74) is 2.30. The number of nitrogens with zero attached hydrogens (tertiary/aromatic N) is 2. The van der Waals surface area contributed by atoms with E-state index < -0.39 is 6.10 Å². The predicted molar refractivity (Wildman–Crippen MR) is 95.2 cm³/mol. The number of benzene rings is 1. The fraction of sp³-hybridized carbons (Fsp3) is 0.684. The van der Waals surface area contributed by atoms with Crippen molar-refractivity contribution in [2.75, 3.05) is 45.9 Å². The fourth-order valence-electron chi connectivity index (χ4n) is 3.15. The Morgan fingerprint density at radius 1 is 1.13 bits per heavy atom. The van der Waals surface area contributed by atoms with Crippen molar-refractivity contribution < 1.29 is 9.84 Å². The molecule has 1 atom stereocenters. The summed E-state index contributed by atoms with van der Waals surface area (Å²) in [4.78, 5) is 4.89. The monoisotopic (exact) mass is 320 g/mol. The van der Waals surface area contributed by atoms with Crippen molar-refractivity contribution in [3.63, 3.8) is 0 Å². The topological polar surface area (TPSA) is 35.9 Å². The molecule has 0 aromatic heterocycles. The number of hydrogen-bond acceptors (Lipinski definition) is 4. The molecule has 0 saturated carbocycles. The van der Waals surface area contributed by atoms with Crippen LogP contribution in [0.1, 0.15) is 30.9 Å². The number of rotatable bonds is 7. The minimum Gasteiger partial charge on any atom is -0.491 e. The van der Waals surface area contributed by atoms with Gasteiger partial charge >= 0.3 is 0 Å². The fourth-order valence-corrected chi connectivity index (χ4v) is 3.15. The zero-order valence-corrected chi connectivity index (χ0v) is 14.9. The lowest BCUT2D eigenvalue weighted by Gasteiger charge is -2.24.